The largest absolute Gasteiger partial charge is 0.455 e. The zero-order valence-corrected chi connectivity index (χ0v) is 42.7. The van der Waals surface area contributed by atoms with Gasteiger partial charge in [-0.15, -0.1) is 0 Å². The second-order valence-corrected chi connectivity index (χ2v) is 20.9. The Bertz CT molecular complexity index is 5320. The predicted molar refractivity (Wildman–Crippen MR) is 330 cm³/mol. The van der Waals surface area contributed by atoms with Crippen LogP contribution in [-0.4, -0.2) is 18.3 Å². The Morgan fingerprint density at radius 2 is 0.575 bits per heavy atom. The van der Waals surface area contributed by atoms with E-state index in [1.54, 1.807) is 0 Å². The molecule has 0 spiro atoms. The average molecular weight is 1020 g/mol. The molecule has 0 saturated heterocycles. The summed E-state index contributed by atoms with van der Waals surface area (Å²) >= 11 is 0. The van der Waals surface area contributed by atoms with E-state index in [1.165, 1.54) is 0 Å². The fourth-order valence-corrected chi connectivity index (χ4v) is 13.8. The van der Waals surface area contributed by atoms with Gasteiger partial charge >= 0.3 is 0 Å². The summed E-state index contributed by atoms with van der Waals surface area (Å²) in [5.41, 5.74) is 16.8. The number of furan rings is 2. The molecule has 6 aromatic heterocycles. The Balaban J connectivity index is 1.17. The first-order valence-electron chi connectivity index (χ1n) is 27.0. The van der Waals surface area contributed by atoms with Gasteiger partial charge < -0.3 is 27.1 Å². The van der Waals surface area contributed by atoms with Gasteiger partial charge in [0.2, 0.25) is 5.69 Å². The lowest BCUT2D eigenvalue weighted by Crippen LogP contribution is -2.14. The van der Waals surface area contributed by atoms with Crippen LogP contribution in [0.1, 0.15) is 0 Å². The van der Waals surface area contributed by atoms with Crippen molar-refractivity contribution >= 4 is 137 Å². The van der Waals surface area contributed by atoms with Crippen LogP contribution >= 0.6 is 0 Å². The first-order valence-corrected chi connectivity index (χ1v) is 27.0. The average Bonchev–Trinajstić information content (AvgIpc) is 4.51. The summed E-state index contributed by atoms with van der Waals surface area (Å²) in [6, 6.07) is 88.4. The van der Waals surface area contributed by atoms with E-state index in [4.69, 9.17) is 13.7 Å². The molecule has 12 aromatic carbocycles. The van der Waals surface area contributed by atoms with Gasteiger partial charge in [0.05, 0.1) is 84.2 Å². The molecule has 0 saturated carbocycles. The van der Waals surface area contributed by atoms with Crippen molar-refractivity contribution in [1.82, 2.24) is 18.3 Å². The molecule has 0 aliphatic heterocycles. The molecule has 6 heterocycles. The second-order valence-electron chi connectivity index (χ2n) is 20.9. The van der Waals surface area contributed by atoms with Gasteiger partial charge in [-0.1, -0.05) is 176 Å². The number of rotatable bonds is 5. The molecule has 0 N–H and O–H groups in total. The quantitative estimate of drug-likeness (QED) is 0.161. The van der Waals surface area contributed by atoms with Crippen molar-refractivity contribution in [2.45, 2.75) is 0 Å². The van der Waals surface area contributed by atoms with Gasteiger partial charge in [0, 0.05) is 59.4 Å². The van der Waals surface area contributed by atoms with Gasteiger partial charge in [0.15, 0.2) is 0 Å². The van der Waals surface area contributed by atoms with Crippen LogP contribution in [0.25, 0.3) is 170 Å². The lowest BCUT2D eigenvalue weighted by molar-refractivity contribution is 0.672. The van der Waals surface area contributed by atoms with Crippen LogP contribution in [0.4, 0.5) is 5.69 Å². The molecule has 18 aromatic rings. The van der Waals surface area contributed by atoms with Crippen molar-refractivity contribution < 1.29 is 8.83 Å². The molecule has 0 aliphatic rings. The summed E-state index contributed by atoms with van der Waals surface area (Å²) in [7, 11) is 0. The number of benzene rings is 12. The van der Waals surface area contributed by atoms with Crippen LogP contribution in [0.2, 0.25) is 0 Å². The van der Waals surface area contributed by atoms with Gasteiger partial charge in [0.1, 0.15) is 22.3 Å². The van der Waals surface area contributed by atoms with Crippen molar-refractivity contribution in [2.24, 2.45) is 0 Å². The van der Waals surface area contributed by atoms with E-state index in [0.717, 1.165) is 165 Å². The monoisotopic (exact) mass is 1020 g/mol. The number of fused-ring (bicyclic) bond motifs is 20. The van der Waals surface area contributed by atoms with E-state index in [2.05, 4.69) is 255 Å². The molecule has 7 heteroatoms. The van der Waals surface area contributed by atoms with Crippen molar-refractivity contribution in [1.29, 1.82) is 0 Å². The van der Waals surface area contributed by atoms with E-state index in [9.17, 15) is 6.57 Å². The lowest BCUT2D eigenvalue weighted by Gasteiger charge is -2.29. The standard InChI is InChI=1S/C73H41N5O2/c1-74-67-70(75-54-31-13-5-23-44(54)45-24-6-14-32-55(45)75)68(77-58-35-17-9-29-52(58)65-60(77)41-39-50-48-27-11-19-37-62(48)79-72(50)65)64(43-21-3-2-4-22-43)69(71(67)76-56-33-15-7-25-46(56)47-26-8-16-34-57(47)76)78-59-36-18-10-30-53(59)66-61(78)42-40-51-49-28-12-20-38-63(49)80-73(51)66/h2-42H. The van der Waals surface area contributed by atoms with Crippen molar-refractivity contribution in [3.8, 4) is 33.9 Å². The van der Waals surface area contributed by atoms with Gasteiger partial charge in [-0.2, -0.15) is 0 Å². The molecule has 18 rings (SSSR count). The van der Waals surface area contributed by atoms with Gasteiger partial charge in [-0.05, 0) is 78.4 Å². The molecule has 0 unspecified atom stereocenters. The minimum Gasteiger partial charge on any atom is -0.455 e. The summed E-state index contributed by atoms with van der Waals surface area (Å²) in [5.74, 6) is 0. The molecule has 0 amide bonds. The van der Waals surface area contributed by atoms with E-state index in [1.807, 2.05) is 12.1 Å². The fraction of sp³-hybridized carbons (Fsp3) is 0. The summed E-state index contributed by atoms with van der Waals surface area (Å²) in [4.78, 5) is 5.01. The first kappa shape index (κ1) is 43.1. The molecular formula is C73H41N5O2. The molecule has 0 atom stereocenters. The fourth-order valence-electron chi connectivity index (χ4n) is 13.8. The zero-order valence-electron chi connectivity index (χ0n) is 42.7. The van der Waals surface area contributed by atoms with Crippen LogP contribution in [0, 0.1) is 6.57 Å². The Kier molecular flexibility index (Phi) is 8.61. The molecule has 0 aliphatic carbocycles. The Labute approximate surface area is 455 Å². The summed E-state index contributed by atoms with van der Waals surface area (Å²) in [6.07, 6.45) is 0. The van der Waals surface area contributed by atoms with Crippen LogP contribution < -0.4 is 0 Å². The van der Waals surface area contributed by atoms with Gasteiger partial charge in [-0.3, -0.25) is 0 Å². The molecule has 7 nitrogen and oxygen atoms in total. The second kappa shape index (κ2) is 16.0. The smallest absolute Gasteiger partial charge is 0.238 e. The molecule has 0 bridgehead atoms. The highest BCUT2D eigenvalue weighted by atomic mass is 16.3. The van der Waals surface area contributed by atoms with Crippen molar-refractivity contribution in [3.63, 3.8) is 0 Å². The number of aromatic nitrogens is 4. The Morgan fingerprint density at radius 1 is 0.263 bits per heavy atom. The molecule has 0 fully saturated rings. The summed E-state index contributed by atoms with van der Waals surface area (Å²) in [6.45, 7) is 10.1. The van der Waals surface area contributed by atoms with E-state index < -0.39 is 0 Å². The maximum absolute atomic E-state index is 10.1. The van der Waals surface area contributed by atoms with Crippen LogP contribution in [0.3, 0.4) is 0 Å². The van der Waals surface area contributed by atoms with E-state index in [-0.39, 0.29) is 0 Å². The SMILES string of the molecule is [C-]#[N+]c1c(-n2c3ccccc3c3ccccc32)c(-n2c3ccccc3c3c4oc5ccccc5c4ccc32)c(-c2ccccc2)c(-n2c3ccccc3c3c4oc5ccccc5c4ccc32)c1-n1c2ccccc2c2ccccc21. The molecule has 370 valence electrons. The van der Waals surface area contributed by atoms with Crippen LogP contribution in [0.5, 0.6) is 0 Å². The highest BCUT2D eigenvalue weighted by Crippen LogP contribution is 2.55. The minimum atomic E-state index is 0.485. The third-order valence-electron chi connectivity index (χ3n) is 17.0. The minimum absolute atomic E-state index is 0.485. The van der Waals surface area contributed by atoms with Gasteiger partial charge in [0.25, 0.3) is 0 Å². The maximum Gasteiger partial charge on any atom is 0.238 e. The van der Waals surface area contributed by atoms with Crippen molar-refractivity contribution in [2.75, 3.05) is 0 Å². The number of hydrogen-bond acceptors (Lipinski definition) is 2. The lowest BCUT2D eigenvalue weighted by atomic mass is 9.95. The summed E-state index contributed by atoms with van der Waals surface area (Å²) < 4.78 is 23.7. The normalized spacial score (nSPS) is 12.2. The number of para-hydroxylation sites is 8. The highest BCUT2D eigenvalue weighted by Gasteiger charge is 2.36. The Hall–Kier alpha value is -11.1. The van der Waals surface area contributed by atoms with Crippen LogP contribution in [-0.2, 0) is 0 Å². The highest BCUT2D eigenvalue weighted by molar-refractivity contribution is 6.27. The molecule has 0 radical (unpaired) electrons. The number of nitrogens with zero attached hydrogens (tertiary/aromatic N) is 5. The maximum atomic E-state index is 10.1. The predicted octanol–water partition coefficient (Wildman–Crippen LogP) is 20.1. The topological polar surface area (TPSA) is 50.4 Å². The van der Waals surface area contributed by atoms with E-state index >= 15 is 0 Å². The van der Waals surface area contributed by atoms with E-state index in [0.29, 0.717) is 5.69 Å². The first-order chi connectivity index (χ1) is 39.7. The van der Waals surface area contributed by atoms with Crippen molar-refractivity contribution in [3.05, 3.63) is 260 Å². The molecular weight excluding hydrogens is 979 g/mol. The third kappa shape index (κ3) is 5.55. The number of hydrogen-bond donors (Lipinski definition) is 0. The Morgan fingerprint density at radius 3 is 0.963 bits per heavy atom. The zero-order chi connectivity index (χ0) is 52.3. The van der Waals surface area contributed by atoms with Crippen LogP contribution in [0.15, 0.2) is 258 Å². The van der Waals surface area contributed by atoms with Gasteiger partial charge in [-0.25, -0.2) is 4.85 Å². The molecule has 80 heavy (non-hydrogen) atoms. The third-order valence-corrected chi connectivity index (χ3v) is 17.0. The summed E-state index contributed by atoms with van der Waals surface area (Å²) in [5, 5.41) is 12.7.